The smallest absolute Gasteiger partial charge is 0.113 e. The molecule has 0 amide bonds. The van der Waals surface area contributed by atoms with Gasteiger partial charge in [-0.3, -0.25) is 0 Å². The van der Waals surface area contributed by atoms with Crippen LogP contribution in [0.4, 0.5) is 0 Å². The Morgan fingerprint density at radius 1 is 1.05 bits per heavy atom. The minimum atomic E-state index is -0.640. The van der Waals surface area contributed by atoms with Gasteiger partial charge < -0.3 is 5.11 Å². The molecule has 3 rings (SSSR count). The molecule has 3 aromatic rings. The highest BCUT2D eigenvalue weighted by atomic mass is 79.9. The maximum absolute atomic E-state index is 10.4. The van der Waals surface area contributed by atoms with Crippen LogP contribution in [0.1, 0.15) is 16.5 Å². The van der Waals surface area contributed by atoms with Crippen molar-refractivity contribution in [2.45, 2.75) is 6.10 Å². The molecule has 0 saturated heterocycles. The van der Waals surface area contributed by atoms with Crippen LogP contribution in [0, 0.1) is 0 Å². The van der Waals surface area contributed by atoms with Gasteiger partial charge in [-0.1, -0.05) is 48.0 Å². The summed E-state index contributed by atoms with van der Waals surface area (Å²) in [6.07, 6.45) is -0.640. The lowest BCUT2D eigenvalue weighted by molar-refractivity contribution is 0.224. The van der Waals surface area contributed by atoms with Crippen LogP contribution < -0.4 is 0 Å². The lowest BCUT2D eigenvalue weighted by Crippen LogP contribution is -1.96. The number of thiophene rings is 1. The summed E-state index contributed by atoms with van der Waals surface area (Å²) in [5.41, 5.74) is 0.879. The lowest BCUT2D eigenvalue weighted by Gasteiger charge is -2.10. The summed E-state index contributed by atoms with van der Waals surface area (Å²) in [5.74, 6) is 0. The minimum absolute atomic E-state index is 0.640. The molecule has 1 atom stereocenters. The van der Waals surface area contributed by atoms with Crippen molar-refractivity contribution in [3.63, 3.8) is 0 Å². The van der Waals surface area contributed by atoms with Gasteiger partial charge in [-0.05, 0) is 44.4 Å². The minimum Gasteiger partial charge on any atom is -0.383 e. The molecule has 19 heavy (non-hydrogen) atoms. The first-order chi connectivity index (χ1) is 9.15. The molecule has 0 aliphatic carbocycles. The maximum atomic E-state index is 10.4. The molecule has 1 aromatic heterocycles. The van der Waals surface area contributed by atoms with Crippen LogP contribution in [0.15, 0.2) is 53.0 Å². The van der Waals surface area contributed by atoms with E-state index in [2.05, 4.69) is 22.0 Å². The largest absolute Gasteiger partial charge is 0.383 e. The third-order valence-corrected chi connectivity index (χ3v) is 5.55. The van der Waals surface area contributed by atoms with Gasteiger partial charge in [0.15, 0.2) is 0 Å². The second kappa shape index (κ2) is 5.25. The molecule has 4 heteroatoms. The Morgan fingerprint density at radius 3 is 2.47 bits per heavy atom. The molecule has 0 saturated carbocycles. The van der Waals surface area contributed by atoms with Gasteiger partial charge in [0.25, 0.3) is 0 Å². The summed E-state index contributed by atoms with van der Waals surface area (Å²) >= 11 is 10.8. The highest BCUT2D eigenvalue weighted by Gasteiger charge is 2.15. The first-order valence-corrected chi connectivity index (χ1v) is 7.75. The summed E-state index contributed by atoms with van der Waals surface area (Å²) in [6, 6.07) is 16.0. The molecule has 0 aliphatic rings. The molecule has 96 valence electrons. The van der Waals surface area contributed by atoms with Crippen molar-refractivity contribution >= 4 is 49.6 Å². The number of hydrogen-bond donors (Lipinski definition) is 1. The van der Waals surface area contributed by atoms with Gasteiger partial charge in [-0.25, -0.2) is 0 Å². The highest BCUT2D eigenvalue weighted by Crippen LogP contribution is 2.37. The average Bonchev–Trinajstić information content (AvgIpc) is 2.77. The Hall–Kier alpha value is -0.870. The van der Waals surface area contributed by atoms with E-state index in [9.17, 15) is 5.11 Å². The van der Waals surface area contributed by atoms with Crippen molar-refractivity contribution in [3.8, 4) is 0 Å². The van der Waals surface area contributed by atoms with Gasteiger partial charge in [-0.2, -0.15) is 0 Å². The first kappa shape index (κ1) is 13.1. The molecule has 1 heterocycles. The molecule has 1 nitrogen and oxygen atoms in total. The highest BCUT2D eigenvalue weighted by molar-refractivity contribution is 9.10. The topological polar surface area (TPSA) is 20.2 Å². The number of halogens is 2. The molecule has 1 unspecified atom stereocenters. The second-order valence-corrected chi connectivity index (χ2v) is 6.82. The van der Waals surface area contributed by atoms with E-state index >= 15 is 0 Å². The fourth-order valence-corrected chi connectivity index (χ4v) is 3.79. The van der Waals surface area contributed by atoms with Gasteiger partial charge in [-0.15, -0.1) is 11.3 Å². The SMILES string of the molecule is OC(c1ccc2ccccc2c1)c1cc(Br)c(Cl)s1. The predicted molar refractivity (Wildman–Crippen MR) is 85.0 cm³/mol. The van der Waals surface area contributed by atoms with Gasteiger partial charge in [0.2, 0.25) is 0 Å². The Bertz CT molecular complexity index is 718. The Labute approximate surface area is 128 Å². The normalized spacial score (nSPS) is 12.8. The van der Waals surface area contributed by atoms with Crippen LogP contribution in [-0.2, 0) is 0 Å². The molecule has 0 spiro atoms. The summed E-state index contributed by atoms with van der Waals surface area (Å²) < 4.78 is 1.49. The van der Waals surface area contributed by atoms with Gasteiger partial charge in [0, 0.05) is 9.35 Å². The van der Waals surface area contributed by atoms with Crippen LogP contribution in [0.2, 0.25) is 4.34 Å². The number of hydrogen-bond acceptors (Lipinski definition) is 2. The standard InChI is InChI=1S/C15H10BrClOS/c16-12-8-13(19-15(12)17)14(18)11-6-5-9-3-1-2-4-10(9)7-11/h1-8,14,18H. The van der Waals surface area contributed by atoms with Crippen molar-refractivity contribution in [2.75, 3.05) is 0 Å². The summed E-state index contributed by atoms with van der Waals surface area (Å²) in [7, 11) is 0. The Balaban J connectivity index is 2.03. The van der Waals surface area contributed by atoms with E-state index in [1.165, 1.54) is 16.7 Å². The molecule has 2 aromatic carbocycles. The van der Waals surface area contributed by atoms with Crippen LogP contribution >= 0.6 is 38.9 Å². The average molecular weight is 354 g/mol. The summed E-state index contributed by atoms with van der Waals surface area (Å²) in [6.45, 7) is 0. The Morgan fingerprint density at radius 2 is 1.79 bits per heavy atom. The third-order valence-electron chi connectivity index (χ3n) is 3.02. The molecule has 0 radical (unpaired) electrons. The van der Waals surface area contributed by atoms with Crippen molar-refractivity contribution < 1.29 is 5.11 Å². The number of rotatable bonds is 2. The number of aliphatic hydroxyl groups is 1. The van der Waals surface area contributed by atoms with E-state index in [1.54, 1.807) is 0 Å². The van der Waals surface area contributed by atoms with E-state index < -0.39 is 6.10 Å². The number of fused-ring (bicyclic) bond motifs is 1. The van der Waals surface area contributed by atoms with Crippen molar-refractivity contribution in [2.24, 2.45) is 0 Å². The number of benzene rings is 2. The molecule has 0 aliphatic heterocycles. The van der Waals surface area contributed by atoms with Crippen molar-refractivity contribution in [3.05, 3.63) is 67.8 Å². The summed E-state index contributed by atoms with van der Waals surface area (Å²) in [4.78, 5) is 0.840. The third kappa shape index (κ3) is 2.56. The lowest BCUT2D eigenvalue weighted by atomic mass is 10.0. The van der Waals surface area contributed by atoms with Gasteiger partial charge in [0.05, 0.1) is 0 Å². The summed E-state index contributed by atoms with van der Waals surface area (Å²) in [5, 5.41) is 12.7. The predicted octanol–water partition coefficient (Wildman–Crippen LogP) is 5.40. The van der Waals surface area contributed by atoms with Crippen LogP contribution in [0.5, 0.6) is 0 Å². The van der Waals surface area contributed by atoms with E-state index in [0.29, 0.717) is 4.34 Å². The quantitative estimate of drug-likeness (QED) is 0.654. The zero-order valence-corrected chi connectivity index (χ0v) is 13.0. The Kier molecular flexibility index (Phi) is 3.63. The second-order valence-electron chi connectivity index (χ2n) is 4.28. The fourth-order valence-electron chi connectivity index (χ4n) is 2.04. The molecule has 0 fully saturated rings. The van der Waals surface area contributed by atoms with E-state index in [4.69, 9.17) is 11.6 Å². The van der Waals surface area contributed by atoms with Gasteiger partial charge >= 0.3 is 0 Å². The maximum Gasteiger partial charge on any atom is 0.113 e. The molecular weight excluding hydrogens is 344 g/mol. The van der Waals surface area contributed by atoms with E-state index in [-0.39, 0.29) is 0 Å². The molecule has 0 bridgehead atoms. The van der Waals surface area contributed by atoms with Crippen LogP contribution in [0.3, 0.4) is 0 Å². The zero-order chi connectivity index (χ0) is 13.4. The monoisotopic (exact) mass is 352 g/mol. The zero-order valence-electron chi connectivity index (χ0n) is 9.81. The van der Waals surface area contributed by atoms with Crippen molar-refractivity contribution in [1.29, 1.82) is 0 Å². The van der Waals surface area contributed by atoms with E-state index in [0.717, 1.165) is 20.3 Å². The van der Waals surface area contributed by atoms with Crippen molar-refractivity contribution in [1.82, 2.24) is 0 Å². The molecular formula is C15H10BrClOS. The van der Waals surface area contributed by atoms with E-state index in [1.807, 2.05) is 42.5 Å². The van der Waals surface area contributed by atoms with Gasteiger partial charge in [0.1, 0.15) is 10.4 Å². The fraction of sp³-hybridized carbons (Fsp3) is 0.0667. The van der Waals surface area contributed by atoms with Crippen LogP contribution in [-0.4, -0.2) is 5.11 Å². The van der Waals surface area contributed by atoms with Crippen LogP contribution in [0.25, 0.3) is 10.8 Å². The first-order valence-electron chi connectivity index (χ1n) is 5.76. The number of aliphatic hydroxyl groups excluding tert-OH is 1. The molecule has 1 N–H and O–H groups in total.